The zero-order valence-electron chi connectivity index (χ0n) is 45.8. The molecule has 1 aliphatic carbocycles. The number of rotatable bonds is 23. The van der Waals surface area contributed by atoms with E-state index in [0.29, 0.717) is 51.5 Å². The lowest BCUT2D eigenvalue weighted by Crippen LogP contribution is -2.31. The van der Waals surface area contributed by atoms with E-state index in [0.717, 1.165) is 40.7 Å². The minimum Gasteiger partial charge on any atom is -0.456 e. The van der Waals surface area contributed by atoms with Gasteiger partial charge in [-0.25, -0.2) is 28.2 Å². The number of carbonyl (C=O) groups excluding carboxylic acids is 1. The Morgan fingerprint density at radius 2 is 1.70 bits per heavy atom. The summed E-state index contributed by atoms with van der Waals surface area (Å²) >= 11 is 0. The number of nitrogens with zero attached hydrogens (tertiary/aromatic N) is 5. The molecule has 0 spiro atoms. The fourth-order valence-corrected chi connectivity index (χ4v) is 14.5. The Morgan fingerprint density at radius 1 is 0.964 bits per heavy atom. The zero-order chi connectivity index (χ0) is 61.0. The van der Waals surface area contributed by atoms with E-state index in [1.807, 2.05) is 85.5 Å². The van der Waals surface area contributed by atoms with Crippen LogP contribution in [0.1, 0.15) is 87.8 Å². The van der Waals surface area contributed by atoms with Crippen molar-refractivity contribution in [2.45, 2.75) is 88.9 Å². The summed E-state index contributed by atoms with van der Waals surface area (Å²) < 4.78 is 133. The molecule has 4 aromatic rings. The molecule has 2 aromatic carbocycles. The van der Waals surface area contributed by atoms with Gasteiger partial charge in [0.1, 0.15) is 48.6 Å². The van der Waals surface area contributed by atoms with Gasteiger partial charge in [-0.05, 0) is 101 Å². The number of allylic oxidation sites excluding steroid dienone is 3. The van der Waals surface area contributed by atoms with Gasteiger partial charge in [-0.3, -0.25) is 18.4 Å². The summed E-state index contributed by atoms with van der Waals surface area (Å²) in [6.45, 7) is 8.88. The van der Waals surface area contributed by atoms with Gasteiger partial charge < -0.3 is 49.2 Å². The topological polar surface area (TPSA) is 383 Å². The number of nitrogens with two attached hydrogens (primary N) is 1. The van der Waals surface area contributed by atoms with Gasteiger partial charge in [0.25, 0.3) is 20.2 Å². The first kappa shape index (κ1) is 63.8. The van der Waals surface area contributed by atoms with Crippen LogP contribution in [-0.4, -0.2) is 111 Å². The number of nitrogens with one attached hydrogen (secondary N) is 1. The quantitative estimate of drug-likeness (QED) is 0.0138. The molecule has 84 heavy (non-hydrogen) atoms. The predicted octanol–water partition coefficient (Wildman–Crippen LogP) is 7.06. The van der Waals surface area contributed by atoms with Crippen LogP contribution in [0.5, 0.6) is 0 Å². The number of anilines is 2. The Bertz CT molecular complexity index is 4040. The predicted molar refractivity (Wildman–Crippen MR) is 310 cm³/mol. The zero-order valence-corrected chi connectivity index (χ0v) is 50.2. The lowest BCUT2D eigenvalue weighted by Gasteiger charge is -2.30. The number of phosphoric acid groups is 3. The van der Waals surface area contributed by atoms with Crippen molar-refractivity contribution >= 4 is 78.2 Å². The number of carbonyl (C=O) groups is 1. The van der Waals surface area contributed by atoms with E-state index in [9.17, 15) is 54.2 Å². The Balaban J connectivity index is 1.02. The SMILES string of the molecule is CC[N+](CC)=c1ccc2c(/C=C/C=C3\N(CCCS(=O)(=O)O)c4ccc(S(=O)(=O)O)cc4C3(C)CCCC(=O)NCC#Cc3cn([C@H]4CC[C@@H](COP(=O)(O)OP(=O)(O)OP(=O)(O)O)O4)c4ncnc(N)c34)c(C)c(-c3ccccc3)oc-2c1. The second kappa shape index (κ2) is 25.8. The molecule has 1 saturated heterocycles. The second-order valence-electron chi connectivity index (χ2n) is 19.9. The van der Waals surface area contributed by atoms with Crippen molar-refractivity contribution in [3.05, 3.63) is 125 Å². The molecule has 450 valence electrons. The van der Waals surface area contributed by atoms with Crippen LogP contribution < -0.4 is 25.9 Å². The van der Waals surface area contributed by atoms with Gasteiger partial charge in [0.15, 0.2) is 0 Å². The lowest BCUT2D eigenvalue weighted by molar-refractivity contribution is -0.121. The highest BCUT2D eigenvalue weighted by Crippen LogP contribution is 2.66. The number of benzene rings is 3. The third-order valence-corrected chi connectivity index (χ3v) is 19.7. The first-order valence-electron chi connectivity index (χ1n) is 26.2. The molecule has 0 saturated carbocycles. The fourth-order valence-electron chi connectivity index (χ4n) is 10.4. The third kappa shape index (κ3) is 15.4. The molecule has 0 radical (unpaired) electrons. The average molecular weight is 1260 g/mol. The molecular weight excluding hydrogens is 1200 g/mol. The molecule has 9 N–H and O–H groups in total. The van der Waals surface area contributed by atoms with Gasteiger partial charge in [0, 0.05) is 58.7 Å². The van der Waals surface area contributed by atoms with Crippen LogP contribution in [0.4, 0.5) is 11.5 Å². The van der Waals surface area contributed by atoms with Gasteiger partial charge in [-0.15, -0.1) is 0 Å². The summed E-state index contributed by atoms with van der Waals surface area (Å²) in [5, 5.41) is 4.14. The highest BCUT2D eigenvalue weighted by molar-refractivity contribution is 7.86. The highest BCUT2D eigenvalue weighted by atomic mass is 32.2. The summed E-state index contributed by atoms with van der Waals surface area (Å²) in [4.78, 5) is 60.5. The number of fused-ring (bicyclic) bond motifs is 3. The molecule has 8 rings (SSSR count). The summed E-state index contributed by atoms with van der Waals surface area (Å²) in [6, 6.07) is 20.0. The maximum Gasteiger partial charge on any atom is 0.490 e. The van der Waals surface area contributed by atoms with Crippen molar-refractivity contribution in [2.24, 2.45) is 0 Å². The van der Waals surface area contributed by atoms with Crippen LogP contribution >= 0.6 is 23.5 Å². The molecule has 2 aromatic heterocycles. The number of hydrogen-bond acceptors (Lipinski definition) is 17. The van der Waals surface area contributed by atoms with Crippen molar-refractivity contribution in [1.82, 2.24) is 24.4 Å². The monoisotopic (exact) mass is 1260 g/mol. The second-order valence-corrected chi connectivity index (χ2v) is 27.3. The molecule has 4 aliphatic rings. The minimum absolute atomic E-state index is 0.0139. The van der Waals surface area contributed by atoms with Gasteiger partial charge in [-0.2, -0.15) is 25.5 Å². The number of ether oxygens (including phenoxy) is 1. The van der Waals surface area contributed by atoms with E-state index in [1.54, 1.807) is 10.8 Å². The van der Waals surface area contributed by atoms with E-state index in [2.05, 4.69) is 54.2 Å². The highest BCUT2D eigenvalue weighted by Gasteiger charge is 2.44. The summed E-state index contributed by atoms with van der Waals surface area (Å²) in [5.41, 5.74) is 11.0. The standard InChI is InChI=1S/C53H62N7O19P3S2/c1-5-58(6-2)38-20-23-42-41(35(3)50(77-45(42)30-38)36-14-8-7-9-15-36)17-10-18-46-53(4,43-31-40(84(72,73)74)22-24-44(43)59(46)28-13-29-83(69,70)71)26-11-19-47(61)55-27-12-16-37-32-60(52-49(37)51(54)56-34-57-52)48-25-21-39(76-48)33-75-81(65,66)79-82(67,68)78-80(62,63)64/h7-10,14-15,17-18,20,22-24,30-32,34,39,48H,5-6,11,13,19,21,25-29,33H2,1-4H3,(H8-,54,55,56,57,61,62,63,64,65,66,67,68,69,70,71,72,73,74)/p+1/t39-,48+,53?/m0/s1. The first-order valence-corrected chi connectivity index (χ1v) is 33.8. The molecule has 1 amide bonds. The number of hydrogen-bond donors (Lipinski definition) is 8. The third-order valence-electron chi connectivity index (χ3n) is 14.2. The van der Waals surface area contributed by atoms with Gasteiger partial charge in [-0.1, -0.05) is 54.3 Å². The molecule has 26 nitrogen and oxygen atoms in total. The van der Waals surface area contributed by atoms with Crippen LogP contribution in [0.25, 0.3) is 39.8 Å². The molecule has 3 unspecified atom stereocenters. The summed E-state index contributed by atoms with van der Waals surface area (Å²) in [7, 11) is -25.8. The van der Waals surface area contributed by atoms with Gasteiger partial charge >= 0.3 is 23.5 Å². The molecule has 31 heteroatoms. The normalized spacial score (nSPS) is 19.4. The molecular formula is C53H63N7O19P3S2+. The number of aromatic nitrogens is 3. The Morgan fingerprint density at radius 3 is 2.39 bits per heavy atom. The van der Waals surface area contributed by atoms with Crippen LogP contribution in [0.3, 0.4) is 0 Å². The fraction of sp³-hybridized carbons (Fsp3) is 0.358. The van der Waals surface area contributed by atoms with E-state index in [4.69, 9.17) is 29.2 Å². The lowest BCUT2D eigenvalue weighted by atomic mass is 9.77. The Hall–Kier alpha value is -6.21. The first-order chi connectivity index (χ1) is 39.5. The van der Waals surface area contributed by atoms with Crippen molar-refractivity contribution in [2.75, 3.05) is 49.2 Å². The van der Waals surface area contributed by atoms with Gasteiger partial charge in [0.2, 0.25) is 11.3 Å². The summed E-state index contributed by atoms with van der Waals surface area (Å²) in [6.07, 6.45) is 7.82. The van der Waals surface area contributed by atoms with Crippen LogP contribution in [0, 0.1) is 18.8 Å². The molecule has 3 aliphatic heterocycles. The number of amides is 1. The Labute approximate surface area is 484 Å². The van der Waals surface area contributed by atoms with Crippen LogP contribution in [0.15, 0.2) is 106 Å². The van der Waals surface area contributed by atoms with Crippen molar-refractivity contribution in [3.8, 4) is 34.5 Å². The maximum atomic E-state index is 13.6. The number of nitrogen functional groups attached to an aromatic ring is 1. The van der Waals surface area contributed by atoms with Crippen molar-refractivity contribution in [1.29, 1.82) is 0 Å². The maximum absolute atomic E-state index is 13.6. The molecule has 0 bridgehead atoms. The average Bonchev–Trinajstić information content (AvgIpc) is 2.23. The van der Waals surface area contributed by atoms with Gasteiger partial charge in [0.05, 0.1) is 46.9 Å². The summed E-state index contributed by atoms with van der Waals surface area (Å²) in [5.74, 6) is 6.35. The smallest absolute Gasteiger partial charge is 0.456 e. The van der Waals surface area contributed by atoms with Crippen molar-refractivity contribution < 1.29 is 86.3 Å². The van der Waals surface area contributed by atoms with Crippen molar-refractivity contribution in [3.63, 3.8) is 0 Å². The molecule has 5 heterocycles. The minimum atomic E-state index is -5.73. The molecule has 5 atom stereocenters. The van der Waals surface area contributed by atoms with Crippen LogP contribution in [-0.2, 0) is 62.0 Å². The van der Waals surface area contributed by atoms with E-state index in [1.165, 1.54) is 24.5 Å². The Kier molecular flexibility index (Phi) is 19.6. The van der Waals surface area contributed by atoms with E-state index < -0.39 is 73.8 Å². The van der Waals surface area contributed by atoms with E-state index in [-0.39, 0.29) is 61.8 Å². The van der Waals surface area contributed by atoms with E-state index >= 15 is 0 Å². The number of phosphoric ester groups is 1. The van der Waals surface area contributed by atoms with Crippen LogP contribution in [0.2, 0.25) is 0 Å². The largest absolute Gasteiger partial charge is 0.490 e. The molecule has 1 fully saturated rings.